The largest absolute Gasteiger partial charge is 0.372 e. The van der Waals surface area contributed by atoms with Crippen LogP contribution in [0.4, 0.5) is 10.1 Å². The van der Waals surface area contributed by atoms with Gasteiger partial charge in [-0.3, -0.25) is 0 Å². The molecule has 0 N–H and O–H groups in total. The van der Waals surface area contributed by atoms with Gasteiger partial charge in [0.05, 0.1) is 28.6 Å². The van der Waals surface area contributed by atoms with Gasteiger partial charge in [0, 0.05) is 54.6 Å². The number of nitrogens with zero attached hydrogens (tertiary/aromatic N) is 5. The van der Waals surface area contributed by atoms with Crippen molar-refractivity contribution in [1.82, 2.24) is 18.7 Å². The van der Waals surface area contributed by atoms with Crippen molar-refractivity contribution in [3.63, 3.8) is 0 Å². The van der Waals surface area contributed by atoms with Crippen LogP contribution in [0.15, 0.2) is 78.9 Å². The molecule has 8 rings (SSSR count). The molecule has 0 aliphatic heterocycles. The maximum absolute atomic E-state index is 15.8. The first kappa shape index (κ1) is 51.8. The third kappa shape index (κ3) is 12.4. The van der Waals surface area contributed by atoms with Crippen molar-refractivity contribution < 1.29 is 4.39 Å². The molecule has 0 radical (unpaired) electrons. The molecule has 0 amide bonds. The Morgan fingerprint density at radius 1 is 0.514 bits per heavy atom. The number of unbranched alkanes of at least 4 members (excludes halogenated alkanes) is 11. The number of halogens is 1. The lowest BCUT2D eigenvalue weighted by Crippen LogP contribution is -2.25. The number of fused-ring (bicyclic) bond motifs is 3. The summed E-state index contributed by atoms with van der Waals surface area (Å²) >= 11 is 4.91. The first-order valence-electron chi connectivity index (χ1n) is 27.1. The number of hydrogen-bond donors (Lipinski definition) is 0. The molecule has 4 aromatic heterocycles. The minimum Gasteiger partial charge on any atom is -0.372 e. The van der Waals surface area contributed by atoms with E-state index in [9.17, 15) is 0 Å². The predicted molar refractivity (Wildman–Crippen MR) is 305 cm³/mol. The van der Waals surface area contributed by atoms with Crippen LogP contribution in [0.5, 0.6) is 0 Å². The molecule has 370 valence electrons. The fourth-order valence-electron chi connectivity index (χ4n) is 10.3. The molecule has 0 spiro atoms. The second kappa shape index (κ2) is 25.7. The van der Waals surface area contributed by atoms with E-state index >= 15 is 4.39 Å². The lowest BCUT2D eigenvalue weighted by atomic mass is 9.91. The highest BCUT2D eigenvalue weighted by Crippen LogP contribution is 2.48. The van der Waals surface area contributed by atoms with Crippen molar-refractivity contribution >= 4 is 71.6 Å². The molecule has 9 heteroatoms. The molecule has 70 heavy (non-hydrogen) atoms. The molecule has 1 unspecified atom stereocenters. The molecule has 0 fully saturated rings. The SMILES string of the molecule is CCCCCCCCN(CCCCCCCC)c1ccc(-c2cc3sc(-c4c5nsnc5c(-c5ccc(-c6ccc(CCC(CC)CCCC)cc6F)cc5)c5nc(CC)c(CC)nc45)cc3s2)cc1. The summed E-state index contributed by atoms with van der Waals surface area (Å²) in [5, 5.41) is 0. The van der Waals surface area contributed by atoms with Gasteiger partial charge in [0.15, 0.2) is 0 Å². The molecular weight excluding hydrogens is 918 g/mol. The van der Waals surface area contributed by atoms with Gasteiger partial charge in [-0.15, -0.1) is 22.7 Å². The van der Waals surface area contributed by atoms with Crippen molar-refractivity contribution in [1.29, 1.82) is 0 Å². The highest BCUT2D eigenvalue weighted by Gasteiger charge is 2.25. The summed E-state index contributed by atoms with van der Waals surface area (Å²) < 4.78 is 28.3. The third-order valence-electron chi connectivity index (χ3n) is 14.6. The van der Waals surface area contributed by atoms with Gasteiger partial charge in [-0.2, -0.15) is 8.75 Å². The average Bonchev–Trinajstić information content (AvgIpc) is 4.14. The van der Waals surface area contributed by atoms with Crippen LogP contribution in [0, 0.1) is 11.7 Å². The van der Waals surface area contributed by atoms with Gasteiger partial charge in [-0.25, -0.2) is 14.4 Å². The Morgan fingerprint density at radius 3 is 1.66 bits per heavy atom. The molecule has 0 saturated carbocycles. The molecule has 0 bridgehead atoms. The summed E-state index contributed by atoms with van der Waals surface area (Å²) in [6.45, 7) is 15.7. The van der Waals surface area contributed by atoms with E-state index in [-0.39, 0.29) is 5.82 Å². The number of aryl methyl sites for hydroxylation is 3. The van der Waals surface area contributed by atoms with Crippen molar-refractivity contribution in [3.05, 3.63) is 102 Å². The smallest absolute Gasteiger partial charge is 0.131 e. The van der Waals surface area contributed by atoms with Crippen LogP contribution in [-0.4, -0.2) is 31.8 Å². The zero-order valence-electron chi connectivity index (χ0n) is 43.0. The van der Waals surface area contributed by atoms with Gasteiger partial charge < -0.3 is 4.90 Å². The second-order valence-corrected chi connectivity index (χ2v) is 22.3. The Morgan fingerprint density at radius 2 is 1.06 bits per heavy atom. The minimum atomic E-state index is -0.168. The first-order chi connectivity index (χ1) is 34.4. The fraction of sp³-hybridized carbons (Fsp3) is 0.475. The summed E-state index contributed by atoms with van der Waals surface area (Å²) in [5.41, 5.74) is 13.5. The molecule has 4 heterocycles. The number of anilines is 1. The van der Waals surface area contributed by atoms with Gasteiger partial charge >= 0.3 is 0 Å². The van der Waals surface area contributed by atoms with Crippen LogP contribution in [-0.2, 0) is 19.3 Å². The second-order valence-electron chi connectivity index (χ2n) is 19.6. The molecule has 0 aliphatic rings. The van der Waals surface area contributed by atoms with E-state index in [1.54, 1.807) is 6.07 Å². The van der Waals surface area contributed by atoms with Gasteiger partial charge in [-0.05, 0) is 97.0 Å². The highest BCUT2D eigenvalue weighted by atomic mass is 32.1. The number of thiophene rings is 2. The summed E-state index contributed by atoms with van der Waals surface area (Å²) in [7, 11) is 0. The summed E-state index contributed by atoms with van der Waals surface area (Å²) in [6.07, 6.45) is 24.4. The lowest BCUT2D eigenvalue weighted by Gasteiger charge is -2.25. The van der Waals surface area contributed by atoms with Crippen molar-refractivity contribution in [3.8, 4) is 43.1 Å². The third-order valence-corrected chi connectivity index (χ3v) is 17.5. The maximum Gasteiger partial charge on any atom is 0.131 e. The molecular formula is C61H76FN5S3. The summed E-state index contributed by atoms with van der Waals surface area (Å²) in [5.74, 6) is 0.533. The van der Waals surface area contributed by atoms with Crippen LogP contribution in [0.2, 0.25) is 0 Å². The quantitative estimate of drug-likeness (QED) is 0.0458. The van der Waals surface area contributed by atoms with Crippen molar-refractivity contribution in [2.45, 2.75) is 170 Å². The van der Waals surface area contributed by atoms with Crippen LogP contribution < -0.4 is 4.90 Å². The number of rotatable bonds is 28. The van der Waals surface area contributed by atoms with Gasteiger partial charge in [0.2, 0.25) is 0 Å². The Kier molecular flexibility index (Phi) is 19.0. The van der Waals surface area contributed by atoms with Gasteiger partial charge in [-0.1, -0.05) is 180 Å². The highest BCUT2D eigenvalue weighted by molar-refractivity contribution is 7.31. The molecule has 1 atom stereocenters. The summed E-state index contributed by atoms with van der Waals surface area (Å²) in [4.78, 5) is 15.9. The minimum absolute atomic E-state index is 0.168. The van der Waals surface area contributed by atoms with E-state index in [1.807, 2.05) is 40.9 Å². The van der Waals surface area contributed by atoms with Crippen LogP contribution >= 0.6 is 34.4 Å². The van der Waals surface area contributed by atoms with E-state index in [2.05, 4.69) is 101 Å². The van der Waals surface area contributed by atoms with E-state index in [1.165, 1.54) is 140 Å². The van der Waals surface area contributed by atoms with E-state index in [0.717, 1.165) is 105 Å². The maximum atomic E-state index is 15.8. The molecule has 8 aromatic rings. The van der Waals surface area contributed by atoms with E-state index < -0.39 is 0 Å². The molecule has 4 aromatic carbocycles. The van der Waals surface area contributed by atoms with E-state index in [0.29, 0.717) is 11.5 Å². The van der Waals surface area contributed by atoms with Crippen molar-refractivity contribution in [2.24, 2.45) is 5.92 Å². The lowest BCUT2D eigenvalue weighted by molar-refractivity contribution is 0.421. The Labute approximate surface area is 430 Å². The number of benzene rings is 4. The van der Waals surface area contributed by atoms with Gasteiger partial charge in [0.25, 0.3) is 0 Å². The van der Waals surface area contributed by atoms with Crippen molar-refractivity contribution in [2.75, 3.05) is 18.0 Å². The first-order valence-corrected chi connectivity index (χ1v) is 29.5. The Hall–Kier alpha value is -4.57. The van der Waals surface area contributed by atoms with Crippen LogP contribution in [0.25, 0.3) is 74.6 Å². The average molecular weight is 995 g/mol. The Bertz CT molecular complexity index is 2850. The Balaban J connectivity index is 1.06. The van der Waals surface area contributed by atoms with Crippen LogP contribution in [0.1, 0.15) is 168 Å². The van der Waals surface area contributed by atoms with Crippen LogP contribution in [0.3, 0.4) is 0 Å². The standard InChI is InChI=1S/C61H76FN5S3/c1-7-13-16-18-20-22-37-67(38-23-21-19-17-14-8-2)47-34-32-45(33-35-47)52-40-53-54(68-52)41-55(69-53)57-59-58(63-50(11-5)51(12-6)64-59)56(60-61(57)66-70-65-60)46-30-28-44(29-31-46)48-36-27-43(39-49(48)62)26-25-42(10-4)24-15-9-3/h27-36,39-42H,7-26,37-38H2,1-6H3. The molecule has 5 nitrogen and oxygen atoms in total. The predicted octanol–water partition coefficient (Wildman–Crippen LogP) is 19.5. The zero-order valence-corrected chi connectivity index (χ0v) is 45.4. The summed E-state index contributed by atoms with van der Waals surface area (Å²) in [6, 6.07) is 28.2. The topological polar surface area (TPSA) is 54.8 Å². The normalized spacial score (nSPS) is 12.3. The number of hydrogen-bond acceptors (Lipinski definition) is 8. The monoisotopic (exact) mass is 994 g/mol. The number of aromatic nitrogens is 4. The zero-order chi connectivity index (χ0) is 48.8. The van der Waals surface area contributed by atoms with Gasteiger partial charge in [0.1, 0.15) is 22.4 Å². The molecule has 0 saturated heterocycles. The fourth-order valence-corrected chi connectivity index (χ4v) is 13.3. The van der Waals surface area contributed by atoms with E-state index in [4.69, 9.17) is 18.7 Å². The molecule has 0 aliphatic carbocycles.